The molecule has 1 aromatic carbocycles. The fourth-order valence-corrected chi connectivity index (χ4v) is 2.04. The lowest BCUT2D eigenvalue weighted by atomic mass is 10.2. The first kappa shape index (κ1) is 16.4. The third kappa shape index (κ3) is 4.51. The van der Waals surface area contributed by atoms with Crippen LogP contribution < -0.4 is 5.32 Å². The molecule has 0 aliphatic carbocycles. The summed E-state index contributed by atoms with van der Waals surface area (Å²) in [7, 11) is 1.70. The van der Waals surface area contributed by atoms with Crippen molar-refractivity contribution >= 4 is 11.6 Å². The molecule has 2 rings (SSSR count). The Bertz CT molecular complexity index is 712. The van der Waals surface area contributed by atoms with Crippen LogP contribution in [0.5, 0.6) is 0 Å². The van der Waals surface area contributed by atoms with Crippen LogP contribution in [0.3, 0.4) is 0 Å². The molecule has 5 nitrogen and oxygen atoms in total. The van der Waals surface area contributed by atoms with Gasteiger partial charge in [0, 0.05) is 31.9 Å². The number of likely N-dealkylation sites (N-methyl/N-ethyl adjacent to an activating group) is 1. The maximum Gasteiger partial charge on any atom is 0.241 e. The molecule has 0 aliphatic heterocycles. The van der Waals surface area contributed by atoms with Gasteiger partial charge in [-0.25, -0.2) is 4.39 Å². The molecule has 0 unspecified atom stereocenters. The molecule has 0 aliphatic rings. The van der Waals surface area contributed by atoms with Crippen molar-refractivity contribution in [3.63, 3.8) is 0 Å². The van der Waals surface area contributed by atoms with Crippen LogP contribution in [0, 0.1) is 17.1 Å². The lowest BCUT2D eigenvalue weighted by Gasteiger charge is -2.18. The second-order valence-electron chi connectivity index (χ2n) is 5.01. The van der Waals surface area contributed by atoms with Crippen LogP contribution >= 0.6 is 0 Å². The number of nitrogens with one attached hydrogen (secondary N) is 1. The van der Waals surface area contributed by atoms with E-state index in [0.717, 1.165) is 5.69 Å². The van der Waals surface area contributed by atoms with Gasteiger partial charge in [0.1, 0.15) is 17.4 Å². The highest BCUT2D eigenvalue weighted by Crippen LogP contribution is 2.17. The number of nitrogens with zero attached hydrogens (tertiary/aromatic N) is 3. The first-order valence-electron chi connectivity index (χ1n) is 7.18. The molecule has 6 heteroatoms. The summed E-state index contributed by atoms with van der Waals surface area (Å²) in [5.74, 6) is -0.748. The van der Waals surface area contributed by atoms with E-state index in [1.54, 1.807) is 30.3 Å². The van der Waals surface area contributed by atoms with Crippen LogP contribution in [0.25, 0.3) is 0 Å². The normalized spacial score (nSPS) is 9.96. The highest BCUT2D eigenvalue weighted by Gasteiger charge is 2.12. The number of benzene rings is 1. The van der Waals surface area contributed by atoms with Crippen molar-refractivity contribution in [2.75, 3.05) is 25.5 Å². The van der Waals surface area contributed by atoms with Crippen molar-refractivity contribution in [1.29, 1.82) is 5.26 Å². The summed E-state index contributed by atoms with van der Waals surface area (Å²) in [6.45, 7) is 0.530. The predicted octanol–water partition coefficient (Wildman–Crippen LogP) is 2.21. The molecule has 0 fully saturated rings. The third-order valence-corrected chi connectivity index (χ3v) is 3.41. The Balaban J connectivity index is 1.87. The van der Waals surface area contributed by atoms with Crippen LogP contribution in [0.2, 0.25) is 0 Å². The van der Waals surface area contributed by atoms with Crippen molar-refractivity contribution in [2.45, 2.75) is 6.42 Å². The molecule has 0 radical (unpaired) electrons. The molecular formula is C17H17FN4O. The first-order chi connectivity index (χ1) is 11.1. The number of nitriles is 1. The van der Waals surface area contributed by atoms with Gasteiger partial charge in [0.05, 0.1) is 12.2 Å². The van der Waals surface area contributed by atoms with Gasteiger partial charge in [0.15, 0.2) is 0 Å². The average Bonchev–Trinajstić information content (AvgIpc) is 2.58. The number of anilines is 1. The van der Waals surface area contributed by atoms with E-state index in [-0.39, 0.29) is 18.0 Å². The summed E-state index contributed by atoms with van der Waals surface area (Å²) in [6, 6.07) is 11.7. The highest BCUT2D eigenvalue weighted by atomic mass is 19.1. The smallest absolute Gasteiger partial charge is 0.241 e. The van der Waals surface area contributed by atoms with Crippen molar-refractivity contribution in [3.8, 4) is 6.07 Å². The monoisotopic (exact) mass is 312 g/mol. The number of carbonyl (C=O) groups is 1. The lowest BCUT2D eigenvalue weighted by molar-refractivity contribution is -0.128. The number of hydrogen-bond donors (Lipinski definition) is 1. The Morgan fingerprint density at radius 3 is 2.87 bits per heavy atom. The van der Waals surface area contributed by atoms with Gasteiger partial charge >= 0.3 is 0 Å². The molecule has 1 N–H and O–H groups in total. The quantitative estimate of drug-likeness (QED) is 0.888. The standard InChI is InChI=1S/C17H17FN4O/c1-22(10-8-13-5-2-3-9-20-13)17(23)12-21-16-7-4-6-15(18)14(16)11-19/h2-7,9,21H,8,10,12H2,1H3. The topological polar surface area (TPSA) is 69.0 Å². The van der Waals surface area contributed by atoms with Gasteiger partial charge in [-0.1, -0.05) is 12.1 Å². The van der Waals surface area contributed by atoms with Crippen molar-refractivity contribution in [3.05, 3.63) is 59.7 Å². The Labute approximate surface area is 134 Å². The Kier molecular flexibility index (Phi) is 5.64. The molecule has 1 heterocycles. The molecule has 0 bridgehead atoms. The van der Waals surface area contributed by atoms with Gasteiger partial charge in [0.25, 0.3) is 0 Å². The van der Waals surface area contributed by atoms with E-state index < -0.39 is 5.82 Å². The van der Waals surface area contributed by atoms with Crippen LogP contribution in [0.1, 0.15) is 11.3 Å². The predicted molar refractivity (Wildman–Crippen MR) is 85.2 cm³/mol. The van der Waals surface area contributed by atoms with Crippen LogP contribution in [-0.4, -0.2) is 35.9 Å². The van der Waals surface area contributed by atoms with Crippen molar-refractivity contribution in [2.24, 2.45) is 0 Å². The van der Waals surface area contributed by atoms with Crippen LogP contribution in [-0.2, 0) is 11.2 Å². The van der Waals surface area contributed by atoms with Crippen molar-refractivity contribution in [1.82, 2.24) is 9.88 Å². The number of pyridine rings is 1. The minimum Gasteiger partial charge on any atom is -0.375 e. The van der Waals surface area contributed by atoms with E-state index in [4.69, 9.17) is 5.26 Å². The molecule has 1 amide bonds. The molecule has 2 aromatic rings. The number of aromatic nitrogens is 1. The molecule has 1 aromatic heterocycles. The molecule has 23 heavy (non-hydrogen) atoms. The van der Waals surface area contributed by atoms with Gasteiger partial charge in [-0.15, -0.1) is 0 Å². The number of carbonyl (C=O) groups excluding carboxylic acids is 1. The Morgan fingerprint density at radius 2 is 2.17 bits per heavy atom. The van der Waals surface area contributed by atoms with Crippen LogP contribution in [0.15, 0.2) is 42.6 Å². The summed E-state index contributed by atoms with van der Waals surface area (Å²) < 4.78 is 13.5. The number of rotatable bonds is 6. The zero-order valence-electron chi connectivity index (χ0n) is 12.8. The molecular weight excluding hydrogens is 295 g/mol. The molecule has 0 saturated heterocycles. The molecule has 0 spiro atoms. The summed E-state index contributed by atoms with van der Waals surface area (Å²) in [4.78, 5) is 17.9. The fourth-order valence-electron chi connectivity index (χ4n) is 2.04. The molecule has 0 saturated carbocycles. The Morgan fingerprint density at radius 1 is 1.35 bits per heavy atom. The van der Waals surface area contributed by atoms with Gasteiger partial charge < -0.3 is 10.2 Å². The maximum atomic E-state index is 13.5. The summed E-state index contributed by atoms with van der Waals surface area (Å²) in [5.41, 5.74) is 1.15. The largest absolute Gasteiger partial charge is 0.375 e. The summed E-state index contributed by atoms with van der Waals surface area (Å²) in [6.07, 6.45) is 2.37. The van der Waals surface area contributed by atoms with E-state index >= 15 is 0 Å². The third-order valence-electron chi connectivity index (χ3n) is 3.41. The highest BCUT2D eigenvalue weighted by molar-refractivity contribution is 5.81. The van der Waals surface area contributed by atoms with E-state index in [9.17, 15) is 9.18 Å². The second-order valence-corrected chi connectivity index (χ2v) is 5.01. The average molecular weight is 312 g/mol. The second kappa shape index (κ2) is 7.90. The fraction of sp³-hybridized carbons (Fsp3) is 0.235. The van der Waals surface area contributed by atoms with Crippen LogP contribution in [0.4, 0.5) is 10.1 Å². The van der Waals surface area contributed by atoms with Gasteiger partial charge in [-0.05, 0) is 24.3 Å². The number of hydrogen-bond acceptors (Lipinski definition) is 4. The zero-order valence-corrected chi connectivity index (χ0v) is 12.8. The zero-order chi connectivity index (χ0) is 16.7. The lowest BCUT2D eigenvalue weighted by Crippen LogP contribution is -2.34. The summed E-state index contributed by atoms with van der Waals surface area (Å²) in [5, 5.41) is 11.8. The van der Waals surface area contributed by atoms with E-state index in [1.165, 1.54) is 12.1 Å². The molecule has 118 valence electrons. The van der Waals surface area contributed by atoms with Crippen molar-refractivity contribution < 1.29 is 9.18 Å². The van der Waals surface area contributed by atoms with Gasteiger partial charge in [-0.3, -0.25) is 9.78 Å². The SMILES string of the molecule is CN(CCc1ccccn1)C(=O)CNc1cccc(F)c1C#N. The minimum absolute atomic E-state index is 0.00312. The number of halogens is 1. The first-order valence-corrected chi connectivity index (χ1v) is 7.18. The van der Waals surface area contributed by atoms with Gasteiger partial charge in [-0.2, -0.15) is 5.26 Å². The molecule has 0 atom stereocenters. The Hall–Kier alpha value is -2.94. The van der Waals surface area contributed by atoms with E-state index in [0.29, 0.717) is 18.7 Å². The van der Waals surface area contributed by atoms with Gasteiger partial charge in [0.2, 0.25) is 5.91 Å². The summed E-state index contributed by atoms with van der Waals surface area (Å²) >= 11 is 0. The maximum absolute atomic E-state index is 13.5. The van der Waals surface area contributed by atoms with E-state index in [2.05, 4.69) is 10.3 Å². The van der Waals surface area contributed by atoms with E-state index in [1.807, 2.05) is 18.2 Å². The minimum atomic E-state index is -0.603. The number of amides is 1.